The van der Waals surface area contributed by atoms with Crippen LogP contribution in [0.25, 0.3) is 0 Å². The summed E-state index contributed by atoms with van der Waals surface area (Å²) in [6.07, 6.45) is 1.51. The number of aromatic nitrogens is 4. The van der Waals surface area contributed by atoms with Gasteiger partial charge in [0.25, 0.3) is 0 Å². The predicted molar refractivity (Wildman–Crippen MR) is 101 cm³/mol. The topological polar surface area (TPSA) is 75.2 Å². The van der Waals surface area contributed by atoms with Crippen LogP contribution in [0, 0.1) is 13.8 Å². The fourth-order valence-corrected chi connectivity index (χ4v) is 4.05. The van der Waals surface area contributed by atoms with Crippen LogP contribution < -0.4 is 9.47 Å². The van der Waals surface area contributed by atoms with Crippen LogP contribution in [0.4, 0.5) is 0 Å². The molecule has 0 bridgehead atoms. The number of hydrogen-bond donors (Lipinski definition) is 0. The molecule has 0 amide bonds. The SMILES string of the molecule is C=CCn1c(SCc2c(C)noc2C)nnc1[C@@H]1COc2ccccc2O1. The average Bonchev–Trinajstić information content (AvgIpc) is 3.23. The molecule has 0 aliphatic carbocycles. The Labute approximate surface area is 161 Å². The van der Waals surface area contributed by atoms with Gasteiger partial charge in [-0.3, -0.25) is 4.57 Å². The summed E-state index contributed by atoms with van der Waals surface area (Å²) in [6, 6.07) is 7.63. The van der Waals surface area contributed by atoms with Crippen molar-refractivity contribution < 1.29 is 14.0 Å². The van der Waals surface area contributed by atoms with Gasteiger partial charge in [0.1, 0.15) is 12.4 Å². The lowest BCUT2D eigenvalue weighted by atomic mass is 10.2. The predicted octanol–water partition coefficient (Wildman–Crippen LogP) is 3.87. The van der Waals surface area contributed by atoms with Crippen LogP contribution in [0.2, 0.25) is 0 Å². The lowest BCUT2D eigenvalue weighted by Crippen LogP contribution is -2.25. The molecule has 1 aliphatic rings. The van der Waals surface area contributed by atoms with Crippen molar-refractivity contribution in [2.24, 2.45) is 0 Å². The summed E-state index contributed by atoms with van der Waals surface area (Å²) in [5, 5.41) is 13.5. The van der Waals surface area contributed by atoms with Crippen molar-refractivity contribution in [3.63, 3.8) is 0 Å². The number of hydrogen-bond acceptors (Lipinski definition) is 7. The maximum Gasteiger partial charge on any atom is 0.192 e. The fourth-order valence-electron chi connectivity index (χ4n) is 2.94. The van der Waals surface area contributed by atoms with E-state index in [1.807, 2.05) is 48.8 Å². The second kappa shape index (κ2) is 7.48. The number of fused-ring (bicyclic) bond motifs is 1. The Kier molecular flexibility index (Phi) is 4.89. The van der Waals surface area contributed by atoms with E-state index < -0.39 is 0 Å². The zero-order valence-corrected chi connectivity index (χ0v) is 16.0. The van der Waals surface area contributed by atoms with Gasteiger partial charge in [0.15, 0.2) is 28.6 Å². The second-order valence-corrected chi connectivity index (χ2v) is 7.14. The van der Waals surface area contributed by atoms with Crippen molar-refractivity contribution in [3.05, 3.63) is 59.8 Å². The summed E-state index contributed by atoms with van der Waals surface area (Å²) in [7, 11) is 0. The van der Waals surface area contributed by atoms with E-state index in [1.165, 1.54) is 0 Å². The van der Waals surface area contributed by atoms with Gasteiger partial charge in [-0.05, 0) is 26.0 Å². The zero-order chi connectivity index (χ0) is 18.8. The third-order valence-corrected chi connectivity index (χ3v) is 5.37. The van der Waals surface area contributed by atoms with Gasteiger partial charge in [0.2, 0.25) is 0 Å². The maximum absolute atomic E-state index is 6.09. The molecule has 0 fully saturated rings. The molecule has 140 valence electrons. The summed E-state index contributed by atoms with van der Waals surface area (Å²) >= 11 is 1.59. The Balaban J connectivity index is 1.57. The number of nitrogens with zero attached hydrogens (tertiary/aromatic N) is 4. The number of allylic oxidation sites excluding steroid dienone is 1. The monoisotopic (exact) mass is 384 g/mol. The van der Waals surface area contributed by atoms with Gasteiger partial charge in [0, 0.05) is 17.9 Å². The molecule has 0 unspecified atom stereocenters. The van der Waals surface area contributed by atoms with E-state index in [9.17, 15) is 0 Å². The Morgan fingerprint density at radius 2 is 2.07 bits per heavy atom. The first-order chi connectivity index (χ1) is 13.2. The van der Waals surface area contributed by atoms with Crippen LogP contribution in [0.5, 0.6) is 11.5 Å². The molecule has 0 saturated carbocycles. The largest absolute Gasteiger partial charge is 0.485 e. The van der Waals surface area contributed by atoms with Gasteiger partial charge < -0.3 is 14.0 Å². The van der Waals surface area contributed by atoms with Crippen molar-refractivity contribution in [2.75, 3.05) is 6.61 Å². The molecule has 1 atom stereocenters. The van der Waals surface area contributed by atoms with E-state index in [2.05, 4.69) is 21.9 Å². The molecule has 7 nitrogen and oxygen atoms in total. The Morgan fingerprint density at radius 1 is 1.26 bits per heavy atom. The van der Waals surface area contributed by atoms with Crippen molar-refractivity contribution >= 4 is 11.8 Å². The quantitative estimate of drug-likeness (QED) is 0.472. The first-order valence-electron chi connectivity index (χ1n) is 8.64. The molecule has 2 aromatic heterocycles. The Bertz CT molecular complexity index is 946. The van der Waals surface area contributed by atoms with Gasteiger partial charge in [-0.25, -0.2) is 0 Å². The molecule has 0 spiro atoms. The lowest BCUT2D eigenvalue weighted by molar-refractivity contribution is 0.0821. The van der Waals surface area contributed by atoms with Gasteiger partial charge in [-0.15, -0.1) is 16.8 Å². The molecule has 1 aromatic carbocycles. The Hall–Kier alpha value is -2.74. The standard InChI is InChI=1S/C19H20N4O3S/c1-4-9-23-18(17-10-24-15-7-5-6-8-16(15)25-17)20-21-19(23)27-11-14-12(2)22-26-13(14)3/h4-8,17H,1,9-11H2,2-3H3/t17-/m0/s1. The third-order valence-electron chi connectivity index (χ3n) is 4.38. The fraction of sp³-hybridized carbons (Fsp3) is 0.316. The van der Waals surface area contributed by atoms with Crippen LogP contribution in [-0.4, -0.2) is 26.5 Å². The van der Waals surface area contributed by atoms with E-state index in [-0.39, 0.29) is 6.10 Å². The minimum Gasteiger partial charge on any atom is -0.485 e. The number of aryl methyl sites for hydroxylation is 2. The molecule has 0 saturated heterocycles. The highest BCUT2D eigenvalue weighted by Crippen LogP contribution is 2.36. The minimum atomic E-state index is -0.319. The van der Waals surface area contributed by atoms with Crippen molar-refractivity contribution in [1.82, 2.24) is 19.9 Å². The van der Waals surface area contributed by atoms with Crippen molar-refractivity contribution in [3.8, 4) is 11.5 Å². The maximum atomic E-state index is 6.09. The number of benzene rings is 1. The molecular formula is C19H20N4O3S. The van der Waals surface area contributed by atoms with Crippen LogP contribution >= 0.6 is 11.8 Å². The highest BCUT2D eigenvalue weighted by Gasteiger charge is 2.28. The second-order valence-electron chi connectivity index (χ2n) is 6.20. The number of para-hydroxylation sites is 2. The molecular weight excluding hydrogens is 364 g/mol. The summed E-state index contributed by atoms with van der Waals surface area (Å²) in [5.41, 5.74) is 1.98. The summed E-state index contributed by atoms with van der Waals surface area (Å²) in [4.78, 5) is 0. The number of ether oxygens (including phenoxy) is 2. The van der Waals surface area contributed by atoms with Crippen molar-refractivity contribution in [2.45, 2.75) is 37.4 Å². The van der Waals surface area contributed by atoms with E-state index in [0.717, 1.165) is 33.7 Å². The first kappa shape index (κ1) is 17.7. The van der Waals surface area contributed by atoms with E-state index in [1.54, 1.807) is 11.8 Å². The minimum absolute atomic E-state index is 0.319. The van der Waals surface area contributed by atoms with Gasteiger partial charge in [0.05, 0.1) is 5.69 Å². The summed E-state index contributed by atoms with van der Waals surface area (Å²) in [6.45, 7) is 8.69. The smallest absolute Gasteiger partial charge is 0.192 e. The first-order valence-corrected chi connectivity index (χ1v) is 9.63. The molecule has 3 aromatic rings. The molecule has 1 aliphatic heterocycles. The van der Waals surface area contributed by atoms with Crippen LogP contribution in [0.3, 0.4) is 0 Å². The van der Waals surface area contributed by atoms with Crippen LogP contribution in [-0.2, 0) is 12.3 Å². The Morgan fingerprint density at radius 3 is 2.81 bits per heavy atom. The van der Waals surface area contributed by atoms with Gasteiger partial charge in [-0.2, -0.15) is 0 Å². The molecule has 0 N–H and O–H groups in total. The lowest BCUT2D eigenvalue weighted by Gasteiger charge is -2.26. The van der Waals surface area contributed by atoms with Crippen LogP contribution in [0.1, 0.15) is 28.9 Å². The van der Waals surface area contributed by atoms with Gasteiger partial charge >= 0.3 is 0 Å². The zero-order valence-electron chi connectivity index (χ0n) is 15.2. The normalized spacial score (nSPS) is 15.7. The summed E-state index contributed by atoms with van der Waals surface area (Å²) < 4.78 is 19.2. The van der Waals surface area contributed by atoms with E-state index >= 15 is 0 Å². The van der Waals surface area contributed by atoms with Crippen molar-refractivity contribution in [1.29, 1.82) is 0 Å². The number of thioether (sulfide) groups is 1. The average molecular weight is 384 g/mol. The number of rotatable bonds is 6. The van der Waals surface area contributed by atoms with E-state index in [0.29, 0.717) is 24.7 Å². The molecule has 4 rings (SSSR count). The molecule has 27 heavy (non-hydrogen) atoms. The highest BCUT2D eigenvalue weighted by atomic mass is 32.2. The summed E-state index contributed by atoms with van der Waals surface area (Å²) in [5.74, 6) is 3.73. The molecule has 8 heteroatoms. The van der Waals surface area contributed by atoms with E-state index in [4.69, 9.17) is 14.0 Å². The van der Waals surface area contributed by atoms with Gasteiger partial charge in [-0.1, -0.05) is 35.1 Å². The van der Waals surface area contributed by atoms with Crippen LogP contribution in [0.15, 0.2) is 46.6 Å². The molecule has 0 radical (unpaired) electrons. The third kappa shape index (κ3) is 3.44. The highest BCUT2D eigenvalue weighted by molar-refractivity contribution is 7.98. The molecule has 3 heterocycles.